The molecule has 1 fully saturated rings. The van der Waals surface area contributed by atoms with E-state index in [1.54, 1.807) is 16.5 Å². The van der Waals surface area contributed by atoms with E-state index in [1.807, 2.05) is 51.1 Å². The highest BCUT2D eigenvalue weighted by Crippen LogP contribution is 2.20. The number of carbonyl (C=O) groups excluding carboxylic acids is 2. The Kier molecular flexibility index (Phi) is 4.72. The third-order valence-corrected chi connectivity index (χ3v) is 4.58. The normalized spacial score (nSPS) is 20.6. The fourth-order valence-electron chi connectivity index (χ4n) is 3.22. The van der Waals surface area contributed by atoms with E-state index in [4.69, 9.17) is 4.74 Å². The second-order valence-electron chi connectivity index (χ2n) is 6.57. The molecular weight excluding hydrogens is 318 g/mol. The lowest BCUT2D eigenvalue weighted by molar-refractivity contribution is -0.138. The van der Waals surface area contributed by atoms with Crippen LogP contribution in [0.25, 0.3) is 5.69 Å². The van der Waals surface area contributed by atoms with Crippen molar-refractivity contribution in [1.29, 1.82) is 0 Å². The molecule has 0 saturated carbocycles. The van der Waals surface area contributed by atoms with Crippen LogP contribution in [0.15, 0.2) is 30.3 Å². The largest absolute Gasteiger partial charge is 0.375 e. The lowest BCUT2D eigenvalue weighted by atomic mass is 10.1. The lowest BCUT2D eigenvalue weighted by Gasteiger charge is -2.36. The van der Waals surface area contributed by atoms with Gasteiger partial charge in [-0.1, -0.05) is 18.2 Å². The molecule has 6 nitrogen and oxygen atoms in total. The summed E-state index contributed by atoms with van der Waals surface area (Å²) in [6.45, 7) is 8.25. The average molecular weight is 341 g/mol. The van der Waals surface area contributed by atoms with E-state index in [-0.39, 0.29) is 12.1 Å². The first-order valence-electron chi connectivity index (χ1n) is 8.48. The van der Waals surface area contributed by atoms with Crippen LogP contribution in [0.5, 0.6) is 0 Å². The van der Waals surface area contributed by atoms with Gasteiger partial charge in [0.15, 0.2) is 0 Å². The van der Waals surface area contributed by atoms with Crippen molar-refractivity contribution in [2.45, 2.75) is 39.8 Å². The Labute approximate surface area is 147 Å². The minimum Gasteiger partial charge on any atom is -0.375 e. The molecule has 25 heavy (non-hydrogen) atoms. The summed E-state index contributed by atoms with van der Waals surface area (Å²) in [5, 5.41) is 4.46. The summed E-state index contributed by atoms with van der Waals surface area (Å²) >= 11 is 0. The number of Topliss-reactive ketones (excluding diaryl/α,β-unsaturated/α-hetero) is 1. The molecule has 2 heterocycles. The van der Waals surface area contributed by atoms with Gasteiger partial charge in [-0.25, -0.2) is 4.68 Å². The molecule has 0 spiro atoms. The molecule has 1 saturated heterocycles. The van der Waals surface area contributed by atoms with Crippen LogP contribution in [0.2, 0.25) is 0 Å². The average Bonchev–Trinajstić information content (AvgIpc) is 2.91. The number of morpholine rings is 1. The van der Waals surface area contributed by atoms with Crippen LogP contribution in [-0.4, -0.2) is 51.7 Å². The zero-order valence-electron chi connectivity index (χ0n) is 15.0. The molecule has 2 atom stereocenters. The van der Waals surface area contributed by atoms with Gasteiger partial charge in [0, 0.05) is 6.54 Å². The van der Waals surface area contributed by atoms with Crippen molar-refractivity contribution in [3.05, 3.63) is 47.3 Å². The number of ketones is 1. The van der Waals surface area contributed by atoms with Gasteiger partial charge in [-0.05, 0) is 39.8 Å². The van der Waals surface area contributed by atoms with Gasteiger partial charge >= 0.3 is 0 Å². The number of hydrogen-bond donors (Lipinski definition) is 0. The summed E-state index contributed by atoms with van der Waals surface area (Å²) in [4.78, 5) is 27.3. The summed E-state index contributed by atoms with van der Waals surface area (Å²) in [7, 11) is 0. The van der Waals surface area contributed by atoms with Gasteiger partial charge < -0.3 is 9.64 Å². The SMILES string of the molecule is Cc1nn(-c2ccccc2)c(C)c1C(=O)C(=O)N1C[C@H](C)OC[C@H]1C. The quantitative estimate of drug-likeness (QED) is 0.635. The fraction of sp³-hybridized carbons (Fsp3) is 0.421. The molecule has 1 aromatic carbocycles. The highest BCUT2D eigenvalue weighted by molar-refractivity contribution is 6.43. The number of hydrogen-bond acceptors (Lipinski definition) is 4. The van der Waals surface area contributed by atoms with Crippen LogP contribution < -0.4 is 0 Å². The number of rotatable bonds is 3. The van der Waals surface area contributed by atoms with Gasteiger partial charge in [-0.15, -0.1) is 0 Å². The Balaban J connectivity index is 1.92. The molecule has 0 unspecified atom stereocenters. The molecule has 132 valence electrons. The number of benzene rings is 1. The predicted octanol–water partition coefficient (Wildman–Crippen LogP) is 2.31. The first-order valence-corrected chi connectivity index (χ1v) is 8.48. The maximum atomic E-state index is 12.9. The van der Waals surface area contributed by atoms with E-state index >= 15 is 0 Å². The molecular formula is C19H23N3O3. The summed E-state index contributed by atoms with van der Waals surface area (Å²) in [5.74, 6) is -0.986. The molecule has 1 amide bonds. The standard InChI is InChI=1S/C19H23N3O3/c1-12-11-25-13(2)10-21(12)19(24)18(23)17-14(3)20-22(15(17)4)16-8-6-5-7-9-16/h5-9,12-13H,10-11H2,1-4H3/t12-,13+/m1/s1. The van der Waals surface area contributed by atoms with Crippen LogP contribution in [-0.2, 0) is 9.53 Å². The van der Waals surface area contributed by atoms with Crippen LogP contribution in [0.4, 0.5) is 0 Å². The third-order valence-electron chi connectivity index (χ3n) is 4.58. The molecule has 1 aliphatic heterocycles. The molecule has 0 radical (unpaired) electrons. The zero-order valence-corrected chi connectivity index (χ0v) is 15.0. The Morgan fingerprint density at radius 1 is 1.16 bits per heavy atom. The summed E-state index contributed by atoms with van der Waals surface area (Å²) in [6, 6.07) is 9.47. The van der Waals surface area contributed by atoms with Crippen molar-refractivity contribution in [1.82, 2.24) is 14.7 Å². The Hall–Kier alpha value is -2.47. The van der Waals surface area contributed by atoms with Crippen LogP contribution in [0, 0.1) is 13.8 Å². The molecule has 1 aromatic heterocycles. The van der Waals surface area contributed by atoms with Crippen molar-refractivity contribution in [3.63, 3.8) is 0 Å². The molecule has 0 bridgehead atoms. The second kappa shape index (κ2) is 6.80. The van der Waals surface area contributed by atoms with Crippen LogP contribution in [0.3, 0.4) is 0 Å². The van der Waals surface area contributed by atoms with Crippen molar-refractivity contribution in [3.8, 4) is 5.69 Å². The minimum absolute atomic E-state index is 0.0674. The third kappa shape index (κ3) is 3.22. The number of aryl methyl sites for hydroxylation is 1. The highest BCUT2D eigenvalue weighted by atomic mass is 16.5. The van der Waals surface area contributed by atoms with E-state index < -0.39 is 11.7 Å². The molecule has 6 heteroatoms. The number of aromatic nitrogens is 2. The van der Waals surface area contributed by atoms with E-state index in [9.17, 15) is 9.59 Å². The smallest absolute Gasteiger partial charge is 0.295 e. The molecule has 0 N–H and O–H groups in total. The van der Waals surface area contributed by atoms with E-state index in [0.717, 1.165) is 5.69 Å². The molecule has 1 aliphatic rings. The first kappa shape index (κ1) is 17.4. The van der Waals surface area contributed by atoms with E-state index in [0.29, 0.717) is 30.1 Å². The molecule has 0 aliphatic carbocycles. The second-order valence-corrected chi connectivity index (χ2v) is 6.57. The van der Waals surface area contributed by atoms with Gasteiger partial charge in [0.2, 0.25) is 0 Å². The van der Waals surface area contributed by atoms with Gasteiger partial charge in [0.25, 0.3) is 11.7 Å². The van der Waals surface area contributed by atoms with Gasteiger partial charge in [0.1, 0.15) is 0 Å². The van der Waals surface area contributed by atoms with Gasteiger partial charge in [-0.3, -0.25) is 9.59 Å². The Morgan fingerprint density at radius 3 is 2.52 bits per heavy atom. The summed E-state index contributed by atoms with van der Waals surface area (Å²) in [6.07, 6.45) is -0.0674. The summed E-state index contributed by atoms with van der Waals surface area (Å²) in [5.41, 5.74) is 2.49. The Bertz CT molecular complexity index is 798. The zero-order chi connectivity index (χ0) is 18.1. The number of para-hydroxylation sites is 1. The monoisotopic (exact) mass is 341 g/mol. The van der Waals surface area contributed by atoms with Gasteiger partial charge in [0.05, 0.1) is 41.4 Å². The molecule has 3 rings (SSSR count). The van der Waals surface area contributed by atoms with Crippen molar-refractivity contribution in [2.24, 2.45) is 0 Å². The number of carbonyl (C=O) groups is 2. The Morgan fingerprint density at radius 2 is 1.84 bits per heavy atom. The molecule has 2 aromatic rings. The fourth-order valence-corrected chi connectivity index (χ4v) is 3.22. The maximum Gasteiger partial charge on any atom is 0.295 e. The van der Waals surface area contributed by atoms with Gasteiger partial charge in [-0.2, -0.15) is 5.10 Å². The van der Waals surface area contributed by atoms with Crippen molar-refractivity contribution >= 4 is 11.7 Å². The van der Waals surface area contributed by atoms with Crippen LogP contribution >= 0.6 is 0 Å². The summed E-state index contributed by atoms with van der Waals surface area (Å²) < 4.78 is 7.25. The first-order chi connectivity index (χ1) is 11.9. The number of nitrogens with zero attached hydrogens (tertiary/aromatic N) is 3. The number of ether oxygens (including phenoxy) is 1. The van der Waals surface area contributed by atoms with Crippen LogP contribution in [0.1, 0.15) is 35.6 Å². The maximum absolute atomic E-state index is 12.9. The topological polar surface area (TPSA) is 64.4 Å². The van der Waals surface area contributed by atoms with E-state index in [2.05, 4.69) is 5.10 Å². The van der Waals surface area contributed by atoms with Crippen molar-refractivity contribution in [2.75, 3.05) is 13.2 Å². The van der Waals surface area contributed by atoms with E-state index in [1.165, 1.54) is 0 Å². The van der Waals surface area contributed by atoms with Crippen molar-refractivity contribution < 1.29 is 14.3 Å². The minimum atomic E-state index is -0.502. The predicted molar refractivity (Wildman–Crippen MR) is 94.0 cm³/mol. The lowest BCUT2D eigenvalue weighted by Crippen LogP contribution is -2.52. The number of amides is 1. The highest BCUT2D eigenvalue weighted by Gasteiger charge is 2.34.